The first-order chi connectivity index (χ1) is 8.27. The minimum absolute atomic E-state index is 0.288. The van der Waals surface area contributed by atoms with Gasteiger partial charge in [-0.1, -0.05) is 27.7 Å². The molecule has 0 saturated heterocycles. The Balaban J connectivity index is 4.47. The highest BCUT2D eigenvalue weighted by molar-refractivity contribution is 5.87. The summed E-state index contributed by atoms with van der Waals surface area (Å²) in [5.41, 5.74) is 5.77. The quantitative estimate of drug-likeness (QED) is 0.669. The van der Waals surface area contributed by atoms with E-state index in [-0.39, 0.29) is 11.8 Å². The Labute approximate surface area is 109 Å². The number of methoxy groups -OCH3 is 1. The fourth-order valence-corrected chi connectivity index (χ4v) is 1.72. The van der Waals surface area contributed by atoms with Crippen LogP contribution >= 0.6 is 0 Å². The molecule has 106 valence electrons. The van der Waals surface area contributed by atoms with Gasteiger partial charge in [0, 0.05) is 0 Å². The van der Waals surface area contributed by atoms with Crippen LogP contribution < -0.4 is 11.1 Å². The minimum atomic E-state index is -0.610. The molecule has 0 bridgehead atoms. The van der Waals surface area contributed by atoms with Crippen molar-refractivity contribution in [1.29, 1.82) is 0 Å². The van der Waals surface area contributed by atoms with E-state index in [4.69, 9.17) is 5.73 Å². The molecule has 5 nitrogen and oxygen atoms in total. The van der Waals surface area contributed by atoms with Crippen molar-refractivity contribution in [1.82, 2.24) is 5.32 Å². The van der Waals surface area contributed by atoms with Crippen LogP contribution in [0.4, 0.5) is 0 Å². The van der Waals surface area contributed by atoms with Gasteiger partial charge >= 0.3 is 5.97 Å². The fraction of sp³-hybridized carbons (Fsp3) is 0.846. The SMILES string of the molecule is COC(=O)[C@@H](CC(C)C)NC(=O)[C@H](N)CC(C)C. The smallest absolute Gasteiger partial charge is 0.328 e. The van der Waals surface area contributed by atoms with Crippen molar-refractivity contribution < 1.29 is 14.3 Å². The number of carbonyl (C=O) groups is 2. The molecule has 0 aromatic heterocycles. The zero-order valence-electron chi connectivity index (χ0n) is 12.0. The predicted octanol–water partition coefficient (Wildman–Crippen LogP) is 1.06. The molecular formula is C13H26N2O3. The Kier molecular flexibility index (Phi) is 7.59. The van der Waals surface area contributed by atoms with Crippen molar-refractivity contribution in [3.05, 3.63) is 0 Å². The zero-order valence-corrected chi connectivity index (χ0v) is 12.0. The number of ether oxygens (including phenoxy) is 1. The molecule has 0 fully saturated rings. The third-order valence-corrected chi connectivity index (χ3v) is 2.57. The van der Waals surface area contributed by atoms with Gasteiger partial charge in [0.05, 0.1) is 13.2 Å². The largest absolute Gasteiger partial charge is 0.467 e. The van der Waals surface area contributed by atoms with Crippen LogP contribution in [0.1, 0.15) is 40.5 Å². The summed E-state index contributed by atoms with van der Waals surface area (Å²) in [4.78, 5) is 23.4. The monoisotopic (exact) mass is 258 g/mol. The normalized spacial score (nSPS) is 14.4. The molecule has 18 heavy (non-hydrogen) atoms. The van der Waals surface area contributed by atoms with E-state index in [9.17, 15) is 9.59 Å². The standard InChI is InChI=1S/C13H26N2O3/c1-8(2)6-10(14)12(16)15-11(7-9(3)4)13(17)18-5/h8-11H,6-7,14H2,1-5H3,(H,15,16)/t10-,11-/m1/s1. The highest BCUT2D eigenvalue weighted by atomic mass is 16.5. The van der Waals surface area contributed by atoms with E-state index in [0.29, 0.717) is 18.8 Å². The van der Waals surface area contributed by atoms with Crippen molar-refractivity contribution in [3.8, 4) is 0 Å². The van der Waals surface area contributed by atoms with Crippen molar-refractivity contribution >= 4 is 11.9 Å². The molecule has 1 amide bonds. The number of carbonyl (C=O) groups excluding carboxylic acids is 2. The summed E-state index contributed by atoms with van der Waals surface area (Å²) in [5, 5.41) is 2.67. The third-order valence-electron chi connectivity index (χ3n) is 2.57. The summed E-state index contributed by atoms with van der Waals surface area (Å²) >= 11 is 0. The number of amides is 1. The Bertz CT molecular complexity index is 277. The first kappa shape index (κ1) is 16.9. The second-order valence-corrected chi connectivity index (χ2v) is 5.45. The first-order valence-electron chi connectivity index (χ1n) is 6.41. The van der Waals surface area contributed by atoms with Gasteiger partial charge < -0.3 is 15.8 Å². The summed E-state index contributed by atoms with van der Waals surface area (Å²) in [7, 11) is 1.32. The molecule has 0 spiro atoms. The fourth-order valence-electron chi connectivity index (χ4n) is 1.72. The number of hydrogen-bond donors (Lipinski definition) is 2. The zero-order chi connectivity index (χ0) is 14.3. The minimum Gasteiger partial charge on any atom is -0.467 e. The first-order valence-corrected chi connectivity index (χ1v) is 6.41. The molecule has 0 aliphatic carbocycles. The summed E-state index contributed by atoms with van der Waals surface area (Å²) in [6.07, 6.45) is 1.15. The van der Waals surface area contributed by atoms with Gasteiger partial charge in [-0.05, 0) is 24.7 Å². The van der Waals surface area contributed by atoms with Crippen LogP contribution in [0.3, 0.4) is 0 Å². The van der Waals surface area contributed by atoms with Gasteiger partial charge in [0.2, 0.25) is 5.91 Å². The predicted molar refractivity (Wildman–Crippen MR) is 70.8 cm³/mol. The van der Waals surface area contributed by atoms with Gasteiger partial charge in [-0.2, -0.15) is 0 Å². The van der Waals surface area contributed by atoms with Crippen LogP contribution in [0.15, 0.2) is 0 Å². The second-order valence-electron chi connectivity index (χ2n) is 5.45. The van der Waals surface area contributed by atoms with Crippen molar-refractivity contribution in [2.45, 2.75) is 52.6 Å². The summed E-state index contributed by atoms with van der Waals surface area (Å²) in [6.45, 7) is 7.96. The number of hydrogen-bond acceptors (Lipinski definition) is 4. The maximum Gasteiger partial charge on any atom is 0.328 e. The third kappa shape index (κ3) is 6.59. The van der Waals surface area contributed by atoms with E-state index >= 15 is 0 Å². The molecule has 2 atom stereocenters. The Hall–Kier alpha value is -1.10. The van der Waals surface area contributed by atoms with Gasteiger partial charge in [0.1, 0.15) is 6.04 Å². The van der Waals surface area contributed by atoms with E-state index < -0.39 is 18.1 Å². The number of nitrogens with two attached hydrogens (primary N) is 1. The van der Waals surface area contributed by atoms with E-state index in [1.54, 1.807) is 0 Å². The molecule has 0 unspecified atom stereocenters. The Morgan fingerprint density at radius 1 is 1.11 bits per heavy atom. The lowest BCUT2D eigenvalue weighted by Crippen LogP contribution is -2.49. The Morgan fingerprint density at radius 2 is 1.61 bits per heavy atom. The van der Waals surface area contributed by atoms with Gasteiger partial charge in [0.25, 0.3) is 0 Å². The summed E-state index contributed by atoms with van der Waals surface area (Å²) in [5.74, 6) is -0.0864. The molecule has 3 N–H and O–H groups in total. The van der Waals surface area contributed by atoms with Crippen molar-refractivity contribution in [2.24, 2.45) is 17.6 Å². The number of nitrogens with one attached hydrogen (secondary N) is 1. The lowest BCUT2D eigenvalue weighted by atomic mass is 10.0. The summed E-state index contributed by atoms with van der Waals surface area (Å²) in [6, 6.07) is -1.19. The van der Waals surface area contributed by atoms with Gasteiger partial charge in [-0.25, -0.2) is 4.79 Å². The molecule has 0 aliphatic heterocycles. The average Bonchev–Trinajstić information content (AvgIpc) is 2.25. The molecule has 0 saturated carbocycles. The van der Waals surface area contributed by atoms with Crippen LogP contribution in [0.5, 0.6) is 0 Å². The van der Waals surface area contributed by atoms with Crippen LogP contribution in [0.25, 0.3) is 0 Å². The molecule has 0 radical (unpaired) electrons. The molecule has 0 aliphatic rings. The molecular weight excluding hydrogens is 232 g/mol. The molecule has 0 rings (SSSR count). The average molecular weight is 258 g/mol. The summed E-state index contributed by atoms with van der Waals surface area (Å²) < 4.78 is 4.68. The van der Waals surface area contributed by atoms with E-state index in [1.165, 1.54) is 7.11 Å². The van der Waals surface area contributed by atoms with Gasteiger partial charge in [-0.3, -0.25) is 4.79 Å². The number of rotatable bonds is 7. The lowest BCUT2D eigenvalue weighted by molar-refractivity contribution is -0.145. The van der Waals surface area contributed by atoms with E-state index in [0.717, 1.165) is 0 Å². The van der Waals surface area contributed by atoms with Crippen molar-refractivity contribution in [3.63, 3.8) is 0 Å². The van der Waals surface area contributed by atoms with Crippen LogP contribution in [-0.2, 0) is 14.3 Å². The Morgan fingerprint density at radius 3 is 2.00 bits per heavy atom. The molecule has 0 heterocycles. The van der Waals surface area contributed by atoms with E-state index in [1.807, 2.05) is 27.7 Å². The topological polar surface area (TPSA) is 81.4 Å². The number of esters is 1. The van der Waals surface area contributed by atoms with E-state index in [2.05, 4.69) is 10.1 Å². The highest BCUT2D eigenvalue weighted by Crippen LogP contribution is 2.08. The molecule has 5 heteroatoms. The molecule has 0 aromatic rings. The van der Waals surface area contributed by atoms with Crippen LogP contribution in [0, 0.1) is 11.8 Å². The lowest BCUT2D eigenvalue weighted by Gasteiger charge is -2.21. The van der Waals surface area contributed by atoms with Crippen LogP contribution in [0.2, 0.25) is 0 Å². The maximum atomic E-state index is 11.8. The highest BCUT2D eigenvalue weighted by Gasteiger charge is 2.25. The van der Waals surface area contributed by atoms with Gasteiger partial charge in [-0.15, -0.1) is 0 Å². The maximum absolute atomic E-state index is 11.8. The molecule has 0 aromatic carbocycles. The van der Waals surface area contributed by atoms with Crippen molar-refractivity contribution in [2.75, 3.05) is 7.11 Å². The van der Waals surface area contributed by atoms with Crippen LogP contribution in [-0.4, -0.2) is 31.1 Å². The van der Waals surface area contributed by atoms with Gasteiger partial charge in [0.15, 0.2) is 0 Å². The second kappa shape index (κ2) is 8.08.